The van der Waals surface area contributed by atoms with Crippen molar-refractivity contribution in [2.75, 3.05) is 38.2 Å². The zero-order valence-electron chi connectivity index (χ0n) is 15.8. The summed E-state index contributed by atoms with van der Waals surface area (Å²) in [6, 6.07) is 12.1. The first-order valence-corrected chi connectivity index (χ1v) is 9.75. The summed E-state index contributed by atoms with van der Waals surface area (Å²) < 4.78 is 5.29. The minimum absolute atomic E-state index is 0.0522. The Hall–Kier alpha value is -2.11. The van der Waals surface area contributed by atoms with Gasteiger partial charge in [-0.05, 0) is 17.5 Å². The van der Waals surface area contributed by atoms with Crippen LogP contribution in [0.25, 0.3) is 0 Å². The number of aromatic nitrogens is 1. The average molecular weight is 388 g/mol. The highest BCUT2D eigenvalue weighted by atomic mass is 35.5. The number of benzene rings is 1. The number of rotatable bonds is 6. The van der Waals surface area contributed by atoms with Gasteiger partial charge >= 0.3 is 0 Å². The molecule has 1 aliphatic heterocycles. The van der Waals surface area contributed by atoms with Crippen LogP contribution in [-0.2, 0) is 4.74 Å². The number of hydrogen-bond donors (Lipinski definition) is 1. The third kappa shape index (κ3) is 4.99. The number of pyridine rings is 1. The molecule has 1 fully saturated rings. The molecule has 1 N–H and O–H groups in total. The van der Waals surface area contributed by atoms with Crippen molar-refractivity contribution >= 4 is 23.3 Å². The highest BCUT2D eigenvalue weighted by Gasteiger charge is 2.20. The minimum Gasteiger partial charge on any atom is -0.378 e. The number of carbonyl (C=O) groups excluding carboxylic acids is 1. The van der Waals surface area contributed by atoms with Crippen LogP contribution in [0.3, 0.4) is 0 Å². The smallest absolute Gasteiger partial charge is 0.255 e. The summed E-state index contributed by atoms with van der Waals surface area (Å²) >= 11 is 6.40. The standard InChI is InChI=1S/C21H26ClN3O2/c1-15(2)18(16-6-4-3-5-7-16)14-24-20-19(22)12-17(13-23-20)21(26)25-8-10-27-11-9-25/h3-7,12-13,15,18H,8-11,14H2,1-2H3,(H,23,24). The molecule has 0 radical (unpaired) electrons. The van der Waals surface area contributed by atoms with Crippen LogP contribution in [0, 0.1) is 5.92 Å². The molecule has 1 aromatic carbocycles. The second kappa shape index (κ2) is 9.20. The first kappa shape index (κ1) is 19.6. The Labute approximate surface area is 165 Å². The van der Waals surface area contributed by atoms with Crippen molar-refractivity contribution in [2.24, 2.45) is 5.92 Å². The van der Waals surface area contributed by atoms with E-state index in [0.717, 1.165) is 6.54 Å². The molecule has 1 atom stereocenters. The van der Waals surface area contributed by atoms with Crippen molar-refractivity contribution in [3.63, 3.8) is 0 Å². The molecule has 1 unspecified atom stereocenters. The predicted octanol–water partition coefficient (Wildman–Crippen LogP) is 4.06. The largest absolute Gasteiger partial charge is 0.378 e. The number of ether oxygens (including phenoxy) is 1. The molecule has 27 heavy (non-hydrogen) atoms. The summed E-state index contributed by atoms with van der Waals surface area (Å²) in [7, 11) is 0. The van der Waals surface area contributed by atoms with E-state index in [4.69, 9.17) is 16.3 Å². The number of nitrogens with zero attached hydrogens (tertiary/aromatic N) is 2. The van der Waals surface area contributed by atoms with Crippen molar-refractivity contribution < 1.29 is 9.53 Å². The van der Waals surface area contributed by atoms with Crippen LogP contribution in [0.4, 0.5) is 5.82 Å². The van der Waals surface area contributed by atoms with Gasteiger partial charge in [0.2, 0.25) is 0 Å². The van der Waals surface area contributed by atoms with E-state index in [1.165, 1.54) is 5.56 Å². The van der Waals surface area contributed by atoms with E-state index in [0.29, 0.717) is 54.5 Å². The summed E-state index contributed by atoms with van der Waals surface area (Å²) in [5, 5.41) is 3.81. The van der Waals surface area contributed by atoms with E-state index in [2.05, 4.69) is 48.4 Å². The first-order chi connectivity index (χ1) is 13.1. The average Bonchev–Trinajstić information content (AvgIpc) is 2.70. The molecule has 3 rings (SSSR count). The number of hydrogen-bond acceptors (Lipinski definition) is 4. The molecule has 0 saturated carbocycles. The van der Waals surface area contributed by atoms with E-state index in [9.17, 15) is 4.79 Å². The highest BCUT2D eigenvalue weighted by Crippen LogP contribution is 2.27. The van der Waals surface area contributed by atoms with Crippen molar-refractivity contribution in [1.82, 2.24) is 9.88 Å². The van der Waals surface area contributed by atoms with Gasteiger partial charge < -0.3 is 15.0 Å². The fourth-order valence-electron chi connectivity index (χ4n) is 3.28. The number of nitrogens with one attached hydrogen (secondary N) is 1. The van der Waals surface area contributed by atoms with Crippen molar-refractivity contribution in [1.29, 1.82) is 0 Å². The molecule has 1 aliphatic rings. The van der Waals surface area contributed by atoms with Crippen molar-refractivity contribution in [3.8, 4) is 0 Å². The zero-order valence-corrected chi connectivity index (χ0v) is 16.6. The van der Waals surface area contributed by atoms with Crippen LogP contribution in [0.2, 0.25) is 5.02 Å². The molecule has 0 aliphatic carbocycles. The summed E-state index contributed by atoms with van der Waals surface area (Å²) in [6.45, 7) is 7.49. The van der Waals surface area contributed by atoms with Gasteiger partial charge in [-0.2, -0.15) is 0 Å². The van der Waals surface area contributed by atoms with Crippen LogP contribution in [0.5, 0.6) is 0 Å². The third-order valence-corrected chi connectivity index (χ3v) is 5.20. The van der Waals surface area contributed by atoms with Crippen LogP contribution < -0.4 is 5.32 Å². The molecular formula is C21H26ClN3O2. The zero-order chi connectivity index (χ0) is 19.2. The van der Waals surface area contributed by atoms with E-state index in [1.807, 2.05) is 6.07 Å². The summed E-state index contributed by atoms with van der Waals surface area (Å²) in [5.74, 6) is 1.37. The highest BCUT2D eigenvalue weighted by molar-refractivity contribution is 6.33. The summed E-state index contributed by atoms with van der Waals surface area (Å²) in [4.78, 5) is 18.7. The van der Waals surface area contributed by atoms with Crippen LogP contribution in [-0.4, -0.2) is 48.6 Å². The Morgan fingerprint density at radius 3 is 2.59 bits per heavy atom. The Bertz CT molecular complexity index is 761. The second-order valence-electron chi connectivity index (χ2n) is 7.10. The van der Waals surface area contributed by atoms with Gasteiger partial charge in [0.05, 0.1) is 23.8 Å². The van der Waals surface area contributed by atoms with Gasteiger partial charge in [0.25, 0.3) is 5.91 Å². The maximum absolute atomic E-state index is 12.6. The third-order valence-electron chi connectivity index (χ3n) is 4.91. The number of carbonyl (C=O) groups is 1. The van der Waals surface area contributed by atoms with Crippen LogP contribution in [0.15, 0.2) is 42.6 Å². The molecule has 2 heterocycles. The molecule has 144 valence electrons. The molecule has 1 saturated heterocycles. The molecule has 1 aromatic heterocycles. The monoisotopic (exact) mass is 387 g/mol. The van der Waals surface area contributed by atoms with E-state index in [1.54, 1.807) is 17.2 Å². The maximum Gasteiger partial charge on any atom is 0.255 e. The molecule has 6 heteroatoms. The SMILES string of the molecule is CC(C)C(CNc1ncc(C(=O)N2CCOCC2)cc1Cl)c1ccccc1. The predicted molar refractivity (Wildman–Crippen MR) is 108 cm³/mol. The Morgan fingerprint density at radius 1 is 1.26 bits per heavy atom. The number of morpholine rings is 1. The van der Waals surface area contributed by atoms with Crippen LogP contribution >= 0.6 is 11.6 Å². The van der Waals surface area contributed by atoms with E-state index >= 15 is 0 Å². The molecular weight excluding hydrogens is 362 g/mol. The quantitative estimate of drug-likeness (QED) is 0.812. The molecule has 5 nitrogen and oxygen atoms in total. The fraction of sp³-hybridized carbons (Fsp3) is 0.429. The fourth-order valence-corrected chi connectivity index (χ4v) is 3.51. The first-order valence-electron chi connectivity index (χ1n) is 9.37. The van der Waals surface area contributed by atoms with E-state index < -0.39 is 0 Å². The lowest BCUT2D eigenvalue weighted by Gasteiger charge is -2.27. The topological polar surface area (TPSA) is 54.5 Å². The number of halogens is 1. The Kier molecular flexibility index (Phi) is 6.69. The normalized spacial score (nSPS) is 15.6. The molecule has 0 spiro atoms. The summed E-state index contributed by atoms with van der Waals surface area (Å²) in [5.41, 5.74) is 1.80. The maximum atomic E-state index is 12.6. The van der Waals surface area contributed by atoms with Crippen molar-refractivity contribution in [3.05, 3.63) is 58.7 Å². The lowest BCUT2D eigenvalue weighted by molar-refractivity contribution is 0.0302. The molecule has 1 amide bonds. The van der Waals surface area contributed by atoms with Gasteiger partial charge in [0.1, 0.15) is 5.82 Å². The lowest BCUT2D eigenvalue weighted by Crippen LogP contribution is -2.40. The lowest BCUT2D eigenvalue weighted by atomic mass is 9.88. The van der Waals surface area contributed by atoms with Gasteiger partial charge in [-0.1, -0.05) is 55.8 Å². The summed E-state index contributed by atoms with van der Waals surface area (Å²) in [6.07, 6.45) is 1.60. The van der Waals surface area contributed by atoms with Gasteiger partial charge in [-0.25, -0.2) is 4.98 Å². The number of amides is 1. The van der Waals surface area contributed by atoms with Gasteiger partial charge in [0, 0.05) is 31.7 Å². The van der Waals surface area contributed by atoms with Crippen molar-refractivity contribution in [2.45, 2.75) is 19.8 Å². The van der Waals surface area contributed by atoms with Gasteiger partial charge in [-0.15, -0.1) is 0 Å². The van der Waals surface area contributed by atoms with Gasteiger partial charge in [0.15, 0.2) is 0 Å². The Balaban J connectivity index is 1.67. The van der Waals surface area contributed by atoms with Crippen LogP contribution in [0.1, 0.15) is 35.7 Å². The van der Waals surface area contributed by atoms with Gasteiger partial charge in [-0.3, -0.25) is 4.79 Å². The molecule has 2 aromatic rings. The van der Waals surface area contributed by atoms with E-state index in [-0.39, 0.29) is 5.91 Å². The second-order valence-corrected chi connectivity index (χ2v) is 7.51. The Morgan fingerprint density at radius 2 is 1.96 bits per heavy atom. The molecule has 0 bridgehead atoms. The number of anilines is 1. The minimum atomic E-state index is -0.0522.